The van der Waals surface area contributed by atoms with Gasteiger partial charge in [-0.3, -0.25) is 14.4 Å². The molecule has 1 aliphatic rings. The summed E-state index contributed by atoms with van der Waals surface area (Å²) < 4.78 is 0. The maximum atomic E-state index is 12.1. The molecule has 2 rings (SSSR count). The fourth-order valence-corrected chi connectivity index (χ4v) is 3.10. The first kappa shape index (κ1) is 18.3. The number of carboxylic acids is 1. The number of aliphatic carboxylic acids is 1. The minimum Gasteiger partial charge on any atom is -0.481 e. The zero-order chi connectivity index (χ0) is 17.6. The number of rotatable bonds is 8. The normalized spacial score (nSPS) is 19.8. The van der Waals surface area contributed by atoms with E-state index in [-0.39, 0.29) is 24.7 Å². The third-order valence-electron chi connectivity index (χ3n) is 4.32. The van der Waals surface area contributed by atoms with Crippen molar-refractivity contribution in [3.63, 3.8) is 0 Å². The zero-order valence-electron chi connectivity index (χ0n) is 13.3. The van der Waals surface area contributed by atoms with E-state index in [1.807, 2.05) is 18.2 Å². The summed E-state index contributed by atoms with van der Waals surface area (Å²) in [4.78, 5) is 34.4. The summed E-state index contributed by atoms with van der Waals surface area (Å²) in [5, 5.41) is 15.1. The monoisotopic (exact) mass is 352 g/mol. The Hall–Kier alpha value is -2.08. The van der Waals surface area contributed by atoms with Crippen LogP contribution >= 0.6 is 11.6 Å². The molecule has 24 heavy (non-hydrogen) atoms. The molecule has 6 nitrogen and oxygen atoms in total. The lowest BCUT2D eigenvalue weighted by Gasteiger charge is -2.28. The van der Waals surface area contributed by atoms with Gasteiger partial charge in [0, 0.05) is 36.4 Å². The Morgan fingerprint density at radius 3 is 2.58 bits per heavy atom. The Kier molecular flexibility index (Phi) is 6.20. The maximum Gasteiger partial charge on any atom is 0.303 e. The highest BCUT2D eigenvalue weighted by atomic mass is 35.5. The number of hydrogen-bond donors (Lipinski definition) is 3. The van der Waals surface area contributed by atoms with Gasteiger partial charge in [0.05, 0.1) is 0 Å². The number of benzene rings is 1. The first-order valence-corrected chi connectivity index (χ1v) is 8.31. The van der Waals surface area contributed by atoms with Crippen LogP contribution in [0.2, 0.25) is 5.02 Å². The number of amides is 2. The summed E-state index contributed by atoms with van der Waals surface area (Å²) in [6, 6.07) is 7.27. The molecular formula is C17H21ClN2O4. The van der Waals surface area contributed by atoms with E-state index in [4.69, 9.17) is 16.7 Å². The van der Waals surface area contributed by atoms with Crippen molar-refractivity contribution in [2.45, 2.75) is 50.6 Å². The van der Waals surface area contributed by atoms with Gasteiger partial charge >= 0.3 is 5.97 Å². The van der Waals surface area contributed by atoms with E-state index in [2.05, 4.69) is 10.6 Å². The number of halogens is 1. The number of carboxylic acid groups (broad SMARTS) is 1. The molecule has 0 bridgehead atoms. The van der Waals surface area contributed by atoms with E-state index < -0.39 is 11.5 Å². The Morgan fingerprint density at radius 2 is 1.96 bits per heavy atom. The average Bonchev–Trinajstić information content (AvgIpc) is 2.92. The van der Waals surface area contributed by atoms with Crippen LogP contribution in [-0.2, 0) is 20.9 Å². The predicted octanol–water partition coefficient (Wildman–Crippen LogP) is 2.25. The highest BCUT2D eigenvalue weighted by molar-refractivity contribution is 6.31. The SMILES string of the molecule is O=C(O)CCC1(CCC(=O)NCc2ccccc2Cl)CCC(=O)N1. The zero-order valence-corrected chi connectivity index (χ0v) is 14.1. The van der Waals surface area contributed by atoms with Gasteiger partial charge in [0.15, 0.2) is 0 Å². The van der Waals surface area contributed by atoms with Gasteiger partial charge < -0.3 is 15.7 Å². The Labute approximate surface area is 145 Å². The molecule has 1 aliphatic heterocycles. The van der Waals surface area contributed by atoms with Crippen LogP contribution in [0.25, 0.3) is 0 Å². The van der Waals surface area contributed by atoms with Crippen LogP contribution in [0.1, 0.15) is 44.1 Å². The molecule has 0 radical (unpaired) electrons. The minimum atomic E-state index is -0.904. The number of nitrogens with one attached hydrogen (secondary N) is 2. The maximum absolute atomic E-state index is 12.1. The van der Waals surface area contributed by atoms with Gasteiger partial charge in [-0.25, -0.2) is 0 Å². The molecular weight excluding hydrogens is 332 g/mol. The van der Waals surface area contributed by atoms with Crippen molar-refractivity contribution < 1.29 is 19.5 Å². The smallest absolute Gasteiger partial charge is 0.303 e. The quantitative estimate of drug-likeness (QED) is 0.668. The molecule has 1 atom stereocenters. The molecule has 1 aromatic rings. The summed E-state index contributed by atoms with van der Waals surface area (Å²) in [7, 11) is 0. The number of hydrogen-bond acceptors (Lipinski definition) is 3. The van der Waals surface area contributed by atoms with Gasteiger partial charge in [-0.15, -0.1) is 0 Å². The fourth-order valence-electron chi connectivity index (χ4n) is 2.90. The molecule has 3 N–H and O–H groups in total. The van der Waals surface area contributed by atoms with E-state index in [1.165, 1.54) is 0 Å². The lowest BCUT2D eigenvalue weighted by molar-refractivity contribution is -0.137. The highest BCUT2D eigenvalue weighted by Crippen LogP contribution is 2.30. The molecule has 0 aliphatic carbocycles. The standard InChI is InChI=1S/C17H21ClN2O4/c18-13-4-2-1-3-12(13)11-19-14(21)5-8-17(10-7-16(23)24)9-6-15(22)20-17/h1-4H,5-11H2,(H,19,21)(H,20,22)(H,23,24). The van der Waals surface area contributed by atoms with Gasteiger partial charge in [-0.1, -0.05) is 29.8 Å². The summed E-state index contributed by atoms with van der Waals surface area (Å²) in [5.41, 5.74) is 0.249. The first-order chi connectivity index (χ1) is 11.4. The van der Waals surface area contributed by atoms with E-state index in [1.54, 1.807) is 6.07 Å². The Bertz CT molecular complexity index is 635. The van der Waals surface area contributed by atoms with Crippen molar-refractivity contribution >= 4 is 29.4 Å². The van der Waals surface area contributed by atoms with Gasteiger partial charge in [-0.05, 0) is 30.9 Å². The van der Waals surface area contributed by atoms with Crippen molar-refractivity contribution in [1.82, 2.24) is 10.6 Å². The molecule has 1 fully saturated rings. The van der Waals surface area contributed by atoms with E-state index >= 15 is 0 Å². The third kappa shape index (κ3) is 5.23. The van der Waals surface area contributed by atoms with Crippen LogP contribution in [0.15, 0.2) is 24.3 Å². The molecule has 1 aromatic carbocycles. The average molecular weight is 353 g/mol. The van der Waals surface area contributed by atoms with Gasteiger partial charge in [0.25, 0.3) is 0 Å². The van der Waals surface area contributed by atoms with Crippen LogP contribution in [0, 0.1) is 0 Å². The van der Waals surface area contributed by atoms with Crippen LogP contribution < -0.4 is 10.6 Å². The summed E-state index contributed by atoms with van der Waals surface area (Å²) in [5.74, 6) is -1.14. The van der Waals surface area contributed by atoms with Gasteiger partial charge in [-0.2, -0.15) is 0 Å². The lowest BCUT2D eigenvalue weighted by atomic mass is 9.86. The summed E-state index contributed by atoms with van der Waals surface area (Å²) in [6.45, 7) is 0.340. The highest BCUT2D eigenvalue weighted by Gasteiger charge is 2.37. The second-order valence-corrected chi connectivity index (χ2v) is 6.50. The predicted molar refractivity (Wildman–Crippen MR) is 89.5 cm³/mol. The van der Waals surface area contributed by atoms with Gasteiger partial charge in [0.1, 0.15) is 0 Å². The van der Waals surface area contributed by atoms with Crippen LogP contribution in [-0.4, -0.2) is 28.4 Å². The second kappa shape index (κ2) is 8.15. The van der Waals surface area contributed by atoms with Gasteiger partial charge in [0.2, 0.25) is 11.8 Å². The summed E-state index contributed by atoms with van der Waals surface area (Å²) in [6.07, 6.45) is 1.91. The largest absolute Gasteiger partial charge is 0.481 e. The first-order valence-electron chi connectivity index (χ1n) is 7.93. The van der Waals surface area contributed by atoms with E-state index in [0.29, 0.717) is 37.3 Å². The molecule has 1 unspecified atom stereocenters. The Morgan fingerprint density at radius 1 is 1.25 bits per heavy atom. The molecule has 0 spiro atoms. The second-order valence-electron chi connectivity index (χ2n) is 6.09. The lowest BCUT2D eigenvalue weighted by Crippen LogP contribution is -2.43. The third-order valence-corrected chi connectivity index (χ3v) is 4.69. The molecule has 0 aromatic heterocycles. The van der Waals surface area contributed by atoms with Crippen LogP contribution in [0.3, 0.4) is 0 Å². The van der Waals surface area contributed by atoms with Crippen molar-refractivity contribution in [1.29, 1.82) is 0 Å². The minimum absolute atomic E-state index is 0.0263. The fraction of sp³-hybridized carbons (Fsp3) is 0.471. The molecule has 1 heterocycles. The van der Waals surface area contributed by atoms with Crippen molar-refractivity contribution in [2.24, 2.45) is 0 Å². The molecule has 7 heteroatoms. The molecule has 130 valence electrons. The van der Waals surface area contributed by atoms with E-state index in [9.17, 15) is 14.4 Å². The van der Waals surface area contributed by atoms with Crippen molar-refractivity contribution in [3.05, 3.63) is 34.9 Å². The molecule has 0 saturated carbocycles. The summed E-state index contributed by atoms with van der Waals surface area (Å²) >= 11 is 6.04. The van der Waals surface area contributed by atoms with Crippen LogP contribution in [0.4, 0.5) is 0 Å². The Balaban J connectivity index is 1.85. The molecule has 2 amide bonds. The topological polar surface area (TPSA) is 95.5 Å². The number of carbonyl (C=O) groups is 3. The number of carbonyl (C=O) groups excluding carboxylic acids is 2. The van der Waals surface area contributed by atoms with Crippen LogP contribution in [0.5, 0.6) is 0 Å². The molecule has 1 saturated heterocycles. The van der Waals surface area contributed by atoms with Crippen molar-refractivity contribution in [3.8, 4) is 0 Å². The van der Waals surface area contributed by atoms with E-state index in [0.717, 1.165) is 5.56 Å². The van der Waals surface area contributed by atoms with Crippen molar-refractivity contribution in [2.75, 3.05) is 0 Å².